The minimum absolute atomic E-state index is 0.0116. The van der Waals surface area contributed by atoms with E-state index in [4.69, 9.17) is 4.74 Å². The number of morpholine rings is 1. The van der Waals surface area contributed by atoms with Crippen molar-refractivity contribution in [2.75, 3.05) is 32.1 Å². The molecule has 0 spiro atoms. The molecule has 0 bridgehead atoms. The van der Waals surface area contributed by atoms with Gasteiger partial charge in [-0.25, -0.2) is 0 Å². The molecule has 1 atom stereocenters. The second-order valence-corrected chi connectivity index (χ2v) is 7.31. The highest BCUT2D eigenvalue weighted by molar-refractivity contribution is 8.00. The molecule has 0 aromatic rings. The molecular formula is C14H18F7NOS. The van der Waals surface area contributed by atoms with Gasteiger partial charge in [0.15, 0.2) is 0 Å². The molecule has 0 saturated carbocycles. The average molecular weight is 381 g/mol. The summed E-state index contributed by atoms with van der Waals surface area (Å²) in [6.07, 6.45) is -6.89. The summed E-state index contributed by atoms with van der Waals surface area (Å²) >= 11 is 0.461. The molecule has 2 nitrogen and oxygen atoms in total. The second kappa shape index (κ2) is 6.35. The van der Waals surface area contributed by atoms with Gasteiger partial charge in [0, 0.05) is 25.3 Å². The summed E-state index contributed by atoms with van der Waals surface area (Å²) in [5.41, 5.74) is 1.13. The molecule has 0 radical (unpaired) electrons. The Morgan fingerprint density at radius 1 is 0.958 bits per heavy atom. The molecule has 1 unspecified atom stereocenters. The van der Waals surface area contributed by atoms with Crippen LogP contribution in [0, 0.1) is 0 Å². The molecule has 24 heavy (non-hydrogen) atoms. The zero-order valence-electron chi connectivity index (χ0n) is 13.2. The smallest absolute Gasteiger partial charge is 0.379 e. The molecule has 2 aliphatic rings. The van der Waals surface area contributed by atoms with Crippen LogP contribution in [0.3, 0.4) is 0 Å². The van der Waals surface area contributed by atoms with Gasteiger partial charge in [0.2, 0.25) is 0 Å². The molecule has 2 aliphatic heterocycles. The summed E-state index contributed by atoms with van der Waals surface area (Å²) in [7, 11) is 0. The fourth-order valence-corrected chi connectivity index (χ4v) is 4.56. The molecule has 1 saturated heterocycles. The topological polar surface area (TPSA) is 12.5 Å². The van der Waals surface area contributed by atoms with Crippen LogP contribution in [0.25, 0.3) is 0 Å². The molecule has 2 heterocycles. The van der Waals surface area contributed by atoms with Crippen molar-refractivity contribution in [1.82, 2.24) is 4.90 Å². The molecule has 0 aliphatic carbocycles. The number of halogens is 7. The van der Waals surface area contributed by atoms with E-state index >= 15 is 0 Å². The van der Waals surface area contributed by atoms with Crippen molar-refractivity contribution >= 4 is 11.8 Å². The molecule has 0 amide bonds. The summed E-state index contributed by atoms with van der Waals surface area (Å²) in [4.78, 5) is -1.63. The first-order chi connectivity index (χ1) is 10.9. The maximum absolute atomic E-state index is 14.7. The Bertz CT molecular complexity index is 514. The predicted octanol–water partition coefficient (Wildman–Crippen LogP) is 4.32. The van der Waals surface area contributed by atoms with E-state index in [1.165, 1.54) is 6.92 Å². The lowest BCUT2D eigenvalue weighted by molar-refractivity contribution is -0.370. The third kappa shape index (κ3) is 2.94. The van der Waals surface area contributed by atoms with E-state index in [1.807, 2.05) is 0 Å². The molecule has 10 heteroatoms. The lowest BCUT2D eigenvalue weighted by atomic mass is 9.91. The van der Waals surface area contributed by atoms with Crippen molar-refractivity contribution in [3.8, 4) is 0 Å². The minimum atomic E-state index is -6.33. The van der Waals surface area contributed by atoms with E-state index < -0.39 is 29.3 Å². The van der Waals surface area contributed by atoms with Gasteiger partial charge in [-0.05, 0) is 13.8 Å². The summed E-state index contributed by atoms with van der Waals surface area (Å²) in [6, 6.07) is 0. The standard InChI is InChI=1S/C14H18F7NOS/c1-9-7-11(24-8-10(9)2,22-3-5-23-6-4-22)12(15,16)13(17,18)14(19,20)21/h3-8H2,1-2H3. The van der Waals surface area contributed by atoms with Crippen molar-refractivity contribution in [2.24, 2.45) is 0 Å². The number of hydrogen-bond donors (Lipinski definition) is 0. The highest BCUT2D eigenvalue weighted by atomic mass is 32.2. The quantitative estimate of drug-likeness (QED) is 0.534. The Labute approximate surface area is 139 Å². The highest BCUT2D eigenvalue weighted by Gasteiger charge is 2.80. The largest absolute Gasteiger partial charge is 0.459 e. The van der Waals surface area contributed by atoms with E-state index in [0.717, 1.165) is 10.5 Å². The Morgan fingerprint density at radius 2 is 1.50 bits per heavy atom. The first-order valence-corrected chi connectivity index (χ1v) is 8.30. The summed E-state index contributed by atoms with van der Waals surface area (Å²) in [5, 5.41) is 0. The predicted molar refractivity (Wildman–Crippen MR) is 76.5 cm³/mol. The number of ether oxygens (including phenoxy) is 1. The molecule has 0 aromatic carbocycles. The van der Waals surface area contributed by atoms with Gasteiger partial charge in [0.05, 0.1) is 13.2 Å². The second-order valence-electron chi connectivity index (χ2n) is 6.06. The summed E-state index contributed by atoms with van der Waals surface area (Å²) < 4.78 is 100. The number of hydrogen-bond acceptors (Lipinski definition) is 3. The van der Waals surface area contributed by atoms with E-state index in [9.17, 15) is 30.7 Å². The zero-order chi connectivity index (χ0) is 18.4. The Balaban J connectivity index is 2.54. The molecule has 1 fully saturated rings. The first kappa shape index (κ1) is 19.8. The number of nitrogens with zero attached hydrogens (tertiary/aromatic N) is 1. The van der Waals surface area contributed by atoms with Crippen LogP contribution in [0.1, 0.15) is 20.3 Å². The van der Waals surface area contributed by atoms with Crippen LogP contribution in [-0.4, -0.2) is 59.8 Å². The Morgan fingerprint density at radius 3 is 1.96 bits per heavy atom. The molecule has 0 N–H and O–H groups in total. The SMILES string of the molecule is CC1=C(C)CC(N2CCOCC2)(C(F)(F)C(F)(F)C(F)(F)F)SC1. The van der Waals surface area contributed by atoms with Crippen LogP contribution in [-0.2, 0) is 4.74 Å². The number of alkyl halides is 7. The lowest BCUT2D eigenvalue weighted by Gasteiger charge is -2.52. The normalized spacial score (nSPS) is 28.4. The van der Waals surface area contributed by atoms with E-state index in [-0.39, 0.29) is 32.1 Å². The van der Waals surface area contributed by atoms with Crippen LogP contribution in [0.2, 0.25) is 0 Å². The molecular weight excluding hydrogens is 363 g/mol. The molecule has 140 valence electrons. The summed E-state index contributed by atoms with van der Waals surface area (Å²) in [6.45, 7) is 2.93. The van der Waals surface area contributed by atoms with Gasteiger partial charge >= 0.3 is 18.0 Å². The van der Waals surface area contributed by atoms with Crippen molar-refractivity contribution in [2.45, 2.75) is 43.2 Å². The van der Waals surface area contributed by atoms with E-state index in [2.05, 4.69) is 0 Å². The van der Waals surface area contributed by atoms with Crippen LogP contribution in [0.4, 0.5) is 30.7 Å². The maximum atomic E-state index is 14.7. The number of thioether (sulfide) groups is 1. The van der Waals surface area contributed by atoms with Crippen LogP contribution in [0.5, 0.6) is 0 Å². The van der Waals surface area contributed by atoms with Gasteiger partial charge in [0.1, 0.15) is 4.87 Å². The zero-order valence-corrected chi connectivity index (χ0v) is 14.0. The van der Waals surface area contributed by atoms with Gasteiger partial charge in [-0.2, -0.15) is 30.7 Å². The molecule has 0 aromatic heterocycles. The average Bonchev–Trinajstić information content (AvgIpc) is 2.49. The Kier molecular flexibility index (Phi) is 5.25. The minimum Gasteiger partial charge on any atom is -0.379 e. The fraction of sp³-hybridized carbons (Fsp3) is 0.857. The van der Waals surface area contributed by atoms with Gasteiger partial charge in [0.25, 0.3) is 0 Å². The monoisotopic (exact) mass is 381 g/mol. The lowest BCUT2D eigenvalue weighted by Crippen LogP contribution is -2.70. The van der Waals surface area contributed by atoms with E-state index in [0.29, 0.717) is 17.3 Å². The van der Waals surface area contributed by atoms with Crippen molar-refractivity contribution < 1.29 is 35.5 Å². The van der Waals surface area contributed by atoms with Gasteiger partial charge < -0.3 is 4.74 Å². The van der Waals surface area contributed by atoms with Crippen LogP contribution >= 0.6 is 11.8 Å². The fourth-order valence-electron chi connectivity index (χ4n) is 2.86. The third-order valence-corrected chi connectivity index (χ3v) is 6.24. The molecule has 2 rings (SSSR count). The first-order valence-electron chi connectivity index (χ1n) is 7.31. The van der Waals surface area contributed by atoms with Crippen molar-refractivity contribution in [1.29, 1.82) is 0 Å². The van der Waals surface area contributed by atoms with Crippen molar-refractivity contribution in [3.05, 3.63) is 11.1 Å². The summed E-state index contributed by atoms with van der Waals surface area (Å²) in [5.74, 6) is -11.4. The van der Waals surface area contributed by atoms with E-state index in [1.54, 1.807) is 6.92 Å². The number of rotatable bonds is 3. The third-order valence-electron chi connectivity index (χ3n) is 4.52. The maximum Gasteiger partial charge on any atom is 0.459 e. The van der Waals surface area contributed by atoms with Crippen LogP contribution in [0.15, 0.2) is 11.1 Å². The van der Waals surface area contributed by atoms with Crippen LogP contribution < -0.4 is 0 Å². The van der Waals surface area contributed by atoms with Gasteiger partial charge in [-0.3, -0.25) is 4.90 Å². The van der Waals surface area contributed by atoms with Gasteiger partial charge in [-0.15, -0.1) is 11.8 Å². The van der Waals surface area contributed by atoms with Gasteiger partial charge in [-0.1, -0.05) is 11.1 Å². The van der Waals surface area contributed by atoms with Crippen molar-refractivity contribution in [3.63, 3.8) is 0 Å². The Hall–Kier alpha value is -0.480. The highest BCUT2D eigenvalue weighted by Crippen LogP contribution is 2.60.